The number of hydrogen-bond donors (Lipinski definition) is 2. The van der Waals surface area contributed by atoms with E-state index in [1.165, 1.54) is 58.0 Å². The Labute approximate surface area is 152 Å². The smallest absolute Gasteiger partial charge is 0.237 e. The minimum atomic E-state index is 0.0337. The zero-order chi connectivity index (χ0) is 17.1. The molecule has 0 aromatic carbocycles. The Morgan fingerprint density at radius 1 is 1.08 bits per heavy atom. The third-order valence-electron chi connectivity index (χ3n) is 7.22. The van der Waals surface area contributed by atoms with Crippen molar-refractivity contribution in [1.82, 2.24) is 15.5 Å². The second-order valence-electron chi connectivity index (χ2n) is 8.71. The SMILES string of the molecule is O=C(NCC1(N2CCCCC2)CCOCC1)C1CC2CCCCC2N1. The minimum absolute atomic E-state index is 0.0337. The van der Waals surface area contributed by atoms with Gasteiger partial charge in [-0.1, -0.05) is 19.3 Å². The molecule has 142 valence electrons. The molecule has 4 aliphatic rings. The molecule has 1 aliphatic carbocycles. The Kier molecular flexibility index (Phi) is 5.63. The fourth-order valence-corrected chi connectivity index (χ4v) is 5.62. The highest BCUT2D eigenvalue weighted by molar-refractivity contribution is 5.82. The van der Waals surface area contributed by atoms with Crippen LogP contribution in [0.4, 0.5) is 0 Å². The number of ether oxygens (including phenoxy) is 1. The van der Waals surface area contributed by atoms with Crippen molar-refractivity contribution < 1.29 is 9.53 Å². The Hall–Kier alpha value is -0.650. The fourth-order valence-electron chi connectivity index (χ4n) is 5.62. The molecule has 0 spiro atoms. The molecule has 0 aromatic rings. The summed E-state index contributed by atoms with van der Waals surface area (Å²) in [5, 5.41) is 6.97. The van der Waals surface area contributed by atoms with Crippen molar-refractivity contribution in [2.24, 2.45) is 5.92 Å². The van der Waals surface area contributed by atoms with Crippen LogP contribution in [0, 0.1) is 5.92 Å². The summed E-state index contributed by atoms with van der Waals surface area (Å²) in [6.45, 7) is 4.82. The summed E-state index contributed by atoms with van der Waals surface area (Å²) in [6.07, 6.45) is 12.3. The van der Waals surface area contributed by atoms with Gasteiger partial charge in [0.05, 0.1) is 6.04 Å². The number of fused-ring (bicyclic) bond motifs is 1. The summed E-state index contributed by atoms with van der Waals surface area (Å²) >= 11 is 0. The van der Waals surface area contributed by atoms with Gasteiger partial charge in [-0.15, -0.1) is 0 Å². The number of piperidine rings is 1. The van der Waals surface area contributed by atoms with Crippen molar-refractivity contribution in [2.45, 2.75) is 81.8 Å². The number of likely N-dealkylation sites (tertiary alicyclic amines) is 1. The predicted molar refractivity (Wildman–Crippen MR) is 98.5 cm³/mol. The van der Waals surface area contributed by atoms with Crippen molar-refractivity contribution >= 4 is 5.91 Å². The predicted octanol–water partition coefficient (Wildman–Crippen LogP) is 2.06. The molecule has 5 heteroatoms. The summed E-state index contributed by atoms with van der Waals surface area (Å²) < 4.78 is 5.63. The fraction of sp³-hybridized carbons (Fsp3) is 0.950. The monoisotopic (exact) mass is 349 g/mol. The van der Waals surface area contributed by atoms with Crippen LogP contribution in [0.1, 0.15) is 64.2 Å². The Morgan fingerprint density at radius 2 is 1.84 bits per heavy atom. The molecule has 2 N–H and O–H groups in total. The number of carbonyl (C=O) groups is 1. The molecule has 4 rings (SSSR count). The van der Waals surface area contributed by atoms with Crippen molar-refractivity contribution in [2.75, 3.05) is 32.8 Å². The molecule has 1 amide bonds. The molecular weight excluding hydrogens is 314 g/mol. The van der Waals surface area contributed by atoms with Crippen LogP contribution in [0.15, 0.2) is 0 Å². The van der Waals surface area contributed by atoms with Gasteiger partial charge in [-0.2, -0.15) is 0 Å². The van der Waals surface area contributed by atoms with Crippen LogP contribution in [-0.2, 0) is 9.53 Å². The van der Waals surface area contributed by atoms with E-state index in [-0.39, 0.29) is 17.5 Å². The number of nitrogens with one attached hydrogen (secondary N) is 2. The van der Waals surface area contributed by atoms with Crippen LogP contribution in [0.2, 0.25) is 0 Å². The first-order chi connectivity index (χ1) is 12.3. The molecule has 3 heterocycles. The lowest BCUT2D eigenvalue weighted by Crippen LogP contribution is -2.60. The van der Waals surface area contributed by atoms with E-state index < -0.39 is 0 Å². The molecule has 0 aromatic heterocycles. The third kappa shape index (κ3) is 3.88. The molecule has 3 atom stereocenters. The number of amides is 1. The van der Waals surface area contributed by atoms with E-state index in [1.807, 2.05) is 0 Å². The topological polar surface area (TPSA) is 53.6 Å². The average Bonchev–Trinajstić information content (AvgIpc) is 3.12. The highest BCUT2D eigenvalue weighted by atomic mass is 16.5. The molecule has 3 saturated heterocycles. The number of carbonyl (C=O) groups excluding carboxylic acids is 1. The van der Waals surface area contributed by atoms with Crippen LogP contribution in [0.3, 0.4) is 0 Å². The Balaban J connectivity index is 1.35. The third-order valence-corrected chi connectivity index (χ3v) is 7.22. The molecule has 0 bridgehead atoms. The highest BCUT2D eigenvalue weighted by Crippen LogP contribution is 2.34. The number of nitrogens with zero attached hydrogens (tertiary/aromatic N) is 1. The van der Waals surface area contributed by atoms with E-state index >= 15 is 0 Å². The molecule has 3 aliphatic heterocycles. The zero-order valence-corrected chi connectivity index (χ0v) is 15.6. The van der Waals surface area contributed by atoms with Gasteiger partial charge in [0.15, 0.2) is 0 Å². The summed E-state index contributed by atoms with van der Waals surface area (Å²) in [6, 6.07) is 0.620. The first-order valence-corrected chi connectivity index (χ1v) is 10.6. The van der Waals surface area contributed by atoms with Gasteiger partial charge < -0.3 is 15.4 Å². The summed E-state index contributed by atoms with van der Waals surface area (Å²) in [4.78, 5) is 15.5. The molecular formula is C20H35N3O2. The molecule has 3 unspecified atom stereocenters. The van der Waals surface area contributed by atoms with Crippen molar-refractivity contribution in [3.63, 3.8) is 0 Å². The lowest BCUT2D eigenvalue weighted by atomic mass is 9.85. The summed E-state index contributed by atoms with van der Waals surface area (Å²) in [7, 11) is 0. The van der Waals surface area contributed by atoms with E-state index in [2.05, 4.69) is 15.5 Å². The maximum absolute atomic E-state index is 12.8. The minimum Gasteiger partial charge on any atom is -0.381 e. The van der Waals surface area contributed by atoms with Gasteiger partial charge in [0.2, 0.25) is 5.91 Å². The van der Waals surface area contributed by atoms with Crippen molar-refractivity contribution in [3.8, 4) is 0 Å². The maximum Gasteiger partial charge on any atom is 0.237 e. The average molecular weight is 350 g/mol. The molecule has 0 radical (unpaired) electrons. The van der Waals surface area contributed by atoms with Gasteiger partial charge in [-0.25, -0.2) is 0 Å². The Bertz CT molecular complexity index is 444. The largest absolute Gasteiger partial charge is 0.381 e. The van der Waals surface area contributed by atoms with Crippen LogP contribution >= 0.6 is 0 Å². The van der Waals surface area contributed by atoms with Gasteiger partial charge in [0, 0.05) is 31.3 Å². The standard InChI is InChI=1S/C20H35N3O2/c24-19(18-14-16-6-2-3-7-17(16)22-18)21-15-20(8-12-25-13-9-20)23-10-4-1-5-11-23/h16-18,22H,1-15H2,(H,21,24). The second kappa shape index (κ2) is 7.93. The van der Waals surface area contributed by atoms with E-state index in [0.29, 0.717) is 6.04 Å². The van der Waals surface area contributed by atoms with E-state index in [0.717, 1.165) is 44.9 Å². The van der Waals surface area contributed by atoms with Crippen molar-refractivity contribution in [3.05, 3.63) is 0 Å². The molecule has 4 fully saturated rings. The normalized spacial score (nSPS) is 35.9. The first kappa shape index (κ1) is 17.7. The number of hydrogen-bond acceptors (Lipinski definition) is 4. The van der Waals surface area contributed by atoms with E-state index in [4.69, 9.17) is 4.74 Å². The van der Waals surface area contributed by atoms with Crippen LogP contribution in [0.25, 0.3) is 0 Å². The van der Waals surface area contributed by atoms with E-state index in [1.54, 1.807) is 0 Å². The number of rotatable bonds is 4. The van der Waals surface area contributed by atoms with Crippen LogP contribution in [0.5, 0.6) is 0 Å². The van der Waals surface area contributed by atoms with Gasteiger partial charge >= 0.3 is 0 Å². The van der Waals surface area contributed by atoms with Crippen LogP contribution < -0.4 is 10.6 Å². The van der Waals surface area contributed by atoms with E-state index in [9.17, 15) is 4.79 Å². The summed E-state index contributed by atoms with van der Waals surface area (Å²) in [5.41, 5.74) is 0.125. The lowest BCUT2D eigenvalue weighted by molar-refractivity contribution is -0.124. The zero-order valence-electron chi connectivity index (χ0n) is 15.6. The van der Waals surface area contributed by atoms with Gasteiger partial charge in [0.1, 0.15) is 0 Å². The van der Waals surface area contributed by atoms with Gasteiger partial charge in [-0.05, 0) is 64.0 Å². The Morgan fingerprint density at radius 3 is 2.60 bits per heavy atom. The maximum atomic E-state index is 12.8. The second-order valence-corrected chi connectivity index (χ2v) is 8.71. The molecule has 5 nitrogen and oxygen atoms in total. The van der Waals surface area contributed by atoms with Crippen LogP contribution in [-0.4, -0.2) is 61.3 Å². The van der Waals surface area contributed by atoms with Gasteiger partial charge in [-0.3, -0.25) is 9.69 Å². The van der Waals surface area contributed by atoms with Crippen molar-refractivity contribution in [1.29, 1.82) is 0 Å². The quantitative estimate of drug-likeness (QED) is 0.816. The highest BCUT2D eigenvalue weighted by Gasteiger charge is 2.41. The molecule has 25 heavy (non-hydrogen) atoms. The molecule has 1 saturated carbocycles. The van der Waals surface area contributed by atoms with Gasteiger partial charge in [0.25, 0.3) is 0 Å². The first-order valence-electron chi connectivity index (χ1n) is 10.6. The summed E-state index contributed by atoms with van der Waals surface area (Å²) in [5.74, 6) is 0.959. The lowest BCUT2D eigenvalue weighted by Gasteiger charge is -2.48.